The molecule has 128 valence electrons. The van der Waals surface area contributed by atoms with Gasteiger partial charge in [0.1, 0.15) is 34.1 Å². The summed E-state index contributed by atoms with van der Waals surface area (Å²) in [5.74, 6) is 3.07. The number of hydrogen-bond acceptors (Lipinski definition) is 3. The second-order valence-electron chi connectivity index (χ2n) is 5.47. The summed E-state index contributed by atoms with van der Waals surface area (Å²) in [6, 6.07) is 13.2. The maximum Gasteiger partial charge on any atom is 0.130 e. The molecule has 0 radical (unpaired) electrons. The first-order valence-corrected chi connectivity index (χ1v) is 8.39. The van der Waals surface area contributed by atoms with E-state index in [2.05, 4.69) is 0 Å². The zero-order valence-electron chi connectivity index (χ0n) is 13.9. The van der Waals surface area contributed by atoms with Gasteiger partial charge in [-0.3, -0.25) is 0 Å². The first kappa shape index (κ1) is 18.5. The predicted molar refractivity (Wildman–Crippen MR) is 98.7 cm³/mol. The summed E-state index contributed by atoms with van der Waals surface area (Å²) >= 11 is 11.1. The number of aryl methyl sites for hydroxylation is 1. The van der Waals surface area contributed by atoms with Gasteiger partial charge in [-0.15, -0.1) is 0 Å². The van der Waals surface area contributed by atoms with Crippen LogP contribution in [0.25, 0.3) is 0 Å². The molecule has 2 rings (SSSR count). The van der Waals surface area contributed by atoms with Gasteiger partial charge in [-0.25, -0.2) is 0 Å². The molecule has 0 fully saturated rings. The van der Waals surface area contributed by atoms with Crippen LogP contribution in [-0.2, 0) is 0 Å². The molecule has 3 nitrogen and oxygen atoms in total. The van der Waals surface area contributed by atoms with Crippen molar-refractivity contribution in [3.63, 3.8) is 0 Å². The Morgan fingerprint density at radius 3 is 2.21 bits per heavy atom. The van der Waals surface area contributed by atoms with Crippen LogP contribution in [0.1, 0.15) is 19.4 Å². The number of halogens is 2. The monoisotopic (exact) mass is 366 g/mol. The van der Waals surface area contributed by atoms with Crippen molar-refractivity contribution in [2.45, 2.75) is 26.9 Å². The molecule has 0 saturated carbocycles. The van der Waals surface area contributed by atoms with Crippen LogP contribution in [-0.4, -0.2) is 12.7 Å². The lowest BCUT2D eigenvalue weighted by Crippen LogP contribution is -2.05. The molecule has 5 heteroatoms. The minimum atomic E-state index is 0.148. The van der Waals surface area contributed by atoms with Crippen LogP contribution < -0.4 is 14.2 Å². The Balaban J connectivity index is 2.00. The van der Waals surface area contributed by atoms with Crippen LogP contribution in [0, 0.1) is 6.92 Å². The summed E-state index contributed by atoms with van der Waals surface area (Å²) in [5.41, 5.74) is 0.968. The SMILES string of the molecule is Cc1cc(OCC=C(Cl)Cl)ccc1Oc1ccc(OC(C)C)cc1. The van der Waals surface area contributed by atoms with Gasteiger partial charge in [0.2, 0.25) is 0 Å². The molecule has 0 N–H and O–H groups in total. The van der Waals surface area contributed by atoms with Crippen LogP contribution in [0.2, 0.25) is 0 Å². The topological polar surface area (TPSA) is 27.7 Å². The molecule has 0 atom stereocenters. The molecule has 0 heterocycles. The summed E-state index contributed by atoms with van der Waals surface area (Å²) in [4.78, 5) is 0. The fourth-order valence-corrected chi connectivity index (χ4v) is 2.14. The molecular formula is C19H20Cl2O3. The third kappa shape index (κ3) is 5.99. The van der Waals surface area contributed by atoms with Gasteiger partial charge < -0.3 is 14.2 Å². The number of rotatable bonds is 7. The van der Waals surface area contributed by atoms with Gasteiger partial charge in [0, 0.05) is 0 Å². The van der Waals surface area contributed by atoms with E-state index >= 15 is 0 Å². The van der Waals surface area contributed by atoms with Crippen LogP contribution >= 0.6 is 23.2 Å². The van der Waals surface area contributed by atoms with E-state index in [1.807, 2.05) is 63.2 Å². The summed E-state index contributed by atoms with van der Waals surface area (Å²) in [6.45, 7) is 6.27. The number of hydrogen-bond donors (Lipinski definition) is 0. The molecule has 24 heavy (non-hydrogen) atoms. The fourth-order valence-electron chi connectivity index (χ4n) is 2.01. The van der Waals surface area contributed by atoms with Crippen LogP contribution in [0.15, 0.2) is 53.0 Å². The highest BCUT2D eigenvalue weighted by atomic mass is 35.5. The zero-order chi connectivity index (χ0) is 17.5. The van der Waals surface area contributed by atoms with Gasteiger partial charge in [-0.1, -0.05) is 23.2 Å². The molecule has 0 aliphatic carbocycles. The van der Waals surface area contributed by atoms with Crippen LogP contribution in [0.4, 0.5) is 0 Å². The molecule has 0 aliphatic rings. The Bertz CT molecular complexity index is 690. The average molecular weight is 367 g/mol. The van der Waals surface area contributed by atoms with Crippen LogP contribution in [0.3, 0.4) is 0 Å². The molecule has 2 aromatic rings. The van der Waals surface area contributed by atoms with Gasteiger partial charge in [0.25, 0.3) is 0 Å². The van der Waals surface area contributed by atoms with Crippen molar-refractivity contribution in [2.75, 3.05) is 6.61 Å². The van der Waals surface area contributed by atoms with E-state index in [4.69, 9.17) is 37.4 Å². The highest BCUT2D eigenvalue weighted by molar-refractivity contribution is 6.55. The highest BCUT2D eigenvalue weighted by Crippen LogP contribution is 2.29. The molecule has 0 saturated heterocycles. The Kier molecular flexibility index (Phi) is 6.83. The average Bonchev–Trinajstić information content (AvgIpc) is 2.51. The zero-order valence-corrected chi connectivity index (χ0v) is 15.4. The number of ether oxygens (including phenoxy) is 3. The minimum absolute atomic E-state index is 0.148. The Hall–Kier alpha value is -1.84. The maximum atomic E-state index is 5.90. The quantitative estimate of drug-likeness (QED) is 0.577. The van der Waals surface area contributed by atoms with E-state index in [0.29, 0.717) is 6.61 Å². The minimum Gasteiger partial charge on any atom is -0.491 e. The lowest BCUT2D eigenvalue weighted by atomic mass is 10.2. The first-order chi connectivity index (χ1) is 11.4. The van der Waals surface area contributed by atoms with Crippen molar-refractivity contribution < 1.29 is 14.2 Å². The van der Waals surface area contributed by atoms with Gasteiger partial charge in [-0.2, -0.15) is 0 Å². The Labute approximate surface area is 152 Å². The number of benzene rings is 2. The lowest BCUT2D eigenvalue weighted by molar-refractivity contribution is 0.242. The first-order valence-electron chi connectivity index (χ1n) is 7.63. The van der Waals surface area contributed by atoms with E-state index in [1.165, 1.54) is 0 Å². The second-order valence-corrected chi connectivity index (χ2v) is 6.48. The lowest BCUT2D eigenvalue weighted by Gasteiger charge is -2.12. The predicted octanol–water partition coefficient (Wildman–Crippen LogP) is 6.27. The summed E-state index contributed by atoms with van der Waals surface area (Å²) in [6.07, 6.45) is 1.74. The van der Waals surface area contributed by atoms with E-state index in [1.54, 1.807) is 6.08 Å². The van der Waals surface area contributed by atoms with E-state index in [-0.39, 0.29) is 10.6 Å². The van der Waals surface area contributed by atoms with E-state index in [9.17, 15) is 0 Å². The highest BCUT2D eigenvalue weighted by Gasteiger charge is 2.05. The van der Waals surface area contributed by atoms with Gasteiger partial charge in [0.15, 0.2) is 0 Å². The molecule has 0 bridgehead atoms. The van der Waals surface area contributed by atoms with Crippen molar-refractivity contribution in [3.05, 3.63) is 58.6 Å². The molecule has 0 amide bonds. The molecule has 0 spiro atoms. The van der Waals surface area contributed by atoms with Gasteiger partial charge >= 0.3 is 0 Å². The smallest absolute Gasteiger partial charge is 0.130 e. The van der Waals surface area contributed by atoms with Crippen molar-refractivity contribution in [1.29, 1.82) is 0 Å². The van der Waals surface area contributed by atoms with Crippen molar-refractivity contribution >= 4 is 23.2 Å². The summed E-state index contributed by atoms with van der Waals surface area (Å²) in [5, 5.41) is 0. The molecule has 0 aliphatic heterocycles. The Morgan fingerprint density at radius 1 is 1.00 bits per heavy atom. The summed E-state index contributed by atoms with van der Waals surface area (Å²) in [7, 11) is 0. The molecular weight excluding hydrogens is 347 g/mol. The largest absolute Gasteiger partial charge is 0.491 e. The maximum absolute atomic E-state index is 5.90. The third-order valence-corrected chi connectivity index (χ3v) is 3.37. The summed E-state index contributed by atoms with van der Waals surface area (Å²) < 4.78 is 17.2. The normalized spacial score (nSPS) is 10.4. The van der Waals surface area contributed by atoms with E-state index < -0.39 is 0 Å². The van der Waals surface area contributed by atoms with Gasteiger partial charge in [-0.05, 0) is 74.9 Å². The second kappa shape index (κ2) is 8.86. The van der Waals surface area contributed by atoms with Crippen molar-refractivity contribution in [2.24, 2.45) is 0 Å². The third-order valence-electron chi connectivity index (χ3n) is 3.06. The molecule has 0 aromatic heterocycles. The standard InChI is InChI=1S/C19H20Cl2O3/c1-13(2)23-15-4-6-16(7-5-15)24-18-9-8-17(12-14(18)3)22-11-10-19(20)21/h4-10,12-13H,11H2,1-3H3. The van der Waals surface area contributed by atoms with E-state index in [0.717, 1.165) is 28.6 Å². The molecule has 2 aromatic carbocycles. The molecule has 0 unspecified atom stereocenters. The fraction of sp³-hybridized carbons (Fsp3) is 0.263. The van der Waals surface area contributed by atoms with Crippen molar-refractivity contribution in [3.8, 4) is 23.0 Å². The Morgan fingerprint density at radius 2 is 1.62 bits per heavy atom. The van der Waals surface area contributed by atoms with Crippen LogP contribution in [0.5, 0.6) is 23.0 Å². The van der Waals surface area contributed by atoms with Crippen molar-refractivity contribution in [1.82, 2.24) is 0 Å². The van der Waals surface area contributed by atoms with Gasteiger partial charge in [0.05, 0.1) is 6.10 Å².